The molecule has 1 amide bonds. The van der Waals surface area contributed by atoms with Crippen LogP contribution in [0.3, 0.4) is 0 Å². The number of hydrogen-bond acceptors (Lipinski definition) is 3. The van der Waals surface area contributed by atoms with Crippen LogP contribution in [-0.2, 0) is 4.79 Å². The largest absolute Gasteiger partial charge is 0.455 e. The molecule has 3 rings (SSSR count). The van der Waals surface area contributed by atoms with Crippen LogP contribution in [0.25, 0.3) is 0 Å². The highest BCUT2D eigenvalue weighted by molar-refractivity contribution is 5.92. The Morgan fingerprint density at radius 1 is 1.20 bits per heavy atom. The van der Waals surface area contributed by atoms with Gasteiger partial charge in [-0.2, -0.15) is 0 Å². The van der Waals surface area contributed by atoms with E-state index in [2.05, 4.69) is 10.6 Å². The maximum absolute atomic E-state index is 14.1. The van der Waals surface area contributed by atoms with Crippen LogP contribution in [0.15, 0.2) is 48.5 Å². The Morgan fingerprint density at radius 2 is 2.00 bits per heavy atom. The molecule has 134 valence electrons. The lowest BCUT2D eigenvalue weighted by Crippen LogP contribution is -2.16. The third-order valence-electron chi connectivity index (χ3n) is 4.15. The van der Waals surface area contributed by atoms with Gasteiger partial charge in [0.05, 0.1) is 0 Å². The molecule has 4 nitrogen and oxygen atoms in total. The summed E-state index contributed by atoms with van der Waals surface area (Å²) >= 11 is 0. The lowest BCUT2D eigenvalue weighted by molar-refractivity contribution is -0.116. The summed E-state index contributed by atoms with van der Waals surface area (Å²) in [6.45, 7) is 1.96. The number of ether oxygens (including phenoxy) is 1. The molecule has 1 heterocycles. The molecule has 1 atom stereocenters. The third-order valence-corrected chi connectivity index (χ3v) is 4.15. The van der Waals surface area contributed by atoms with Crippen molar-refractivity contribution in [3.63, 3.8) is 0 Å². The molecule has 0 spiro atoms. The van der Waals surface area contributed by atoms with Crippen LogP contribution in [0.5, 0.6) is 11.5 Å². The maximum atomic E-state index is 14.1. The molecule has 1 fully saturated rings. The topological polar surface area (TPSA) is 50.4 Å². The molecular formula is C19H22ClFN2O2. The van der Waals surface area contributed by atoms with E-state index < -0.39 is 5.82 Å². The van der Waals surface area contributed by atoms with E-state index in [4.69, 9.17) is 4.74 Å². The third kappa shape index (κ3) is 5.44. The second kappa shape index (κ2) is 9.39. The predicted molar refractivity (Wildman–Crippen MR) is 99.0 cm³/mol. The quantitative estimate of drug-likeness (QED) is 0.800. The molecule has 0 aliphatic carbocycles. The number of halogens is 2. The van der Waals surface area contributed by atoms with Crippen molar-refractivity contribution in [3.8, 4) is 11.5 Å². The fourth-order valence-corrected chi connectivity index (χ4v) is 2.82. The minimum atomic E-state index is -0.501. The Bertz CT molecular complexity index is 691. The van der Waals surface area contributed by atoms with Crippen molar-refractivity contribution in [1.29, 1.82) is 0 Å². The zero-order valence-electron chi connectivity index (χ0n) is 13.8. The van der Waals surface area contributed by atoms with Crippen LogP contribution in [0.1, 0.15) is 19.3 Å². The summed E-state index contributed by atoms with van der Waals surface area (Å²) in [5.41, 5.74) is 0.0934. The van der Waals surface area contributed by atoms with E-state index in [0.717, 1.165) is 25.9 Å². The first-order chi connectivity index (χ1) is 11.7. The SMILES string of the molecule is Cl.O=C(CCC1CCNC1)Nc1c(F)cccc1Oc1ccccc1. The van der Waals surface area contributed by atoms with E-state index in [-0.39, 0.29) is 24.0 Å². The van der Waals surface area contributed by atoms with Gasteiger partial charge in [-0.25, -0.2) is 4.39 Å². The molecule has 1 aliphatic heterocycles. The van der Waals surface area contributed by atoms with E-state index in [1.807, 2.05) is 18.2 Å². The zero-order valence-corrected chi connectivity index (χ0v) is 14.7. The van der Waals surface area contributed by atoms with Gasteiger partial charge < -0.3 is 15.4 Å². The number of anilines is 1. The van der Waals surface area contributed by atoms with Gasteiger partial charge in [-0.3, -0.25) is 4.79 Å². The molecule has 0 aromatic heterocycles. The number of benzene rings is 2. The molecule has 2 aromatic rings. The summed E-state index contributed by atoms with van der Waals surface area (Å²) in [5.74, 6) is 0.730. The van der Waals surface area contributed by atoms with Gasteiger partial charge in [0, 0.05) is 6.42 Å². The van der Waals surface area contributed by atoms with Gasteiger partial charge in [0.25, 0.3) is 0 Å². The van der Waals surface area contributed by atoms with Crippen molar-refractivity contribution in [1.82, 2.24) is 5.32 Å². The number of carbonyl (C=O) groups excluding carboxylic acids is 1. The highest BCUT2D eigenvalue weighted by Crippen LogP contribution is 2.32. The molecule has 2 aromatic carbocycles. The van der Waals surface area contributed by atoms with Crippen LogP contribution in [0.2, 0.25) is 0 Å². The Morgan fingerprint density at radius 3 is 2.72 bits per heavy atom. The minimum absolute atomic E-state index is 0. The summed E-state index contributed by atoms with van der Waals surface area (Å²) < 4.78 is 19.9. The second-order valence-electron chi connectivity index (χ2n) is 5.97. The summed E-state index contributed by atoms with van der Waals surface area (Å²) in [7, 11) is 0. The van der Waals surface area contributed by atoms with Crippen molar-refractivity contribution < 1.29 is 13.9 Å². The molecule has 1 aliphatic rings. The van der Waals surface area contributed by atoms with Crippen molar-refractivity contribution in [2.45, 2.75) is 19.3 Å². The molecule has 0 bridgehead atoms. The first-order valence-corrected chi connectivity index (χ1v) is 8.24. The fraction of sp³-hybridized carbons (Fsp3) is 0.316. The van der Waals surface area contributed by atoms with E-state index in [1.165, 1.54) is 6.07 Å². The normalized spacial score (nSPS) is 16.1. The lowest BCUT2D eigenvalue weighted by Gasteiger charge is -2.14. The Labute approximate surface area is 153 Å². The van der Waals surface area contributed by atoms with Crippen molar-refractivity contribution >= 4 is 24.0 Å². The smallest absolute Gasteiger partial charge is 0.224 e. The molecule has 2 N–H and O–H groups in total. The van der Waals surface area contributed by atoms with E-state index in [9.17, 15) is 9.18 Å². The Balaban J connectivity index is 0.00000225. The predicted octanol–water partition coefficient (Wildman–Crippen LogP) is 4.37. The van der Waals surface area contributed by atoms with Gasteiger partial charge in [-0.1, -0.05) is 24.3 Å². The van der Waals surface area contributed by atoms with Crippen molar-refractivity contribution in [2.75, 3.05) is 18.4 Å². The Hall–Kier alpha value is -2.11. The van der Waals surface area contributed by atoms with Gasteiger partial charge in [0.1, 0.15) is 11.4 Å². The first-order valence-electron chi connectivity index (χ1n) is 8.24. The van der Waals surface area contributed by atoms with Gasteiger partial charge in [0.2, 0.25) is 5.91 Å². The molecule has 25 heavy (non-hydrogen) atoms. The molecule has 1 saturated heterocycles. The Kier molecular flexibility index (Phi) is 7.22. The number of amides is 1. The number of rotatable bonds is 6. The molecule has 1 unspecified atom stereocenters. The monoisotopic (exact) mass is 364 g/mol. The van der Waals surface area contributed by atoms with Crippen molar-refractivity contribution in [3.05, 3.63) is 54.3 Å². The van der Waals surface area contributed by atoms with E-state index in [1.54, 1.807) is 24.3 Å². The molecule has 0 saturated carbocycles. The van der Waals surface area contributed by atoms with Crippen LogP contribution in [0.4, 0.5) is 10.1 Å². The van der Waals surface area contributed by atoms with Gasteiger partial charge in [-0.15, -0.1) is 12.4 Å². The minimum Gasteiger partial charge on any atom is -0.455 e. The number of nitrogens with one attached hydrogen (secondary N) is 2. The summed E-state index contributed by atoms with van der Waals surface area (Å²) in [5, 5.41) is 5.94. The van der Waals surface area contributed by atoms with Crippen LogP contribution < -0.4 is 15.4 Å². The number of hydrogen-bond donors (Lipinski definition) is 2. The van der Waals surface area contributed by atoms with Crippen LogP contribution >= 0.6 is 12.4 Å². The fourth-order valence-electron chi connectivity index (χ4n) is 2.82. The maximum Gasteiger partial charge on any atom is 0.224 e. The number of carbonyl (C=O) groups is 1. The standard InChI is InChI=1S/C19H21FN2O2.ClH/c20-16-7-4-8-17(24-15-5-2-1-3-6-15)19(16)22-18(23)10-9-14-11-12-21-13-14;/h1-8,14,21H,9-13H2,(H,22,23);1H. The lowest BCUT2D eigenvalue weighted by atomic mass is 10.0. The summed E-state index contributed by atoms with van der Waals surface area (Å²) in [4.78, 5) is 12.2. The van der Waals surface area contributed by atoms with Crippen LogP contribution in [-0.4, -0.2) is 19.0 Å². The zero-order chi connectivity index (χ0) is 16.8. The molecule has 6 heteroatoms. The van der Waals surface area contributed by atoms with E-state index >= 15 is 0 Å². The van der Waals surface area contributed by atoms with Gasteiger partial charge >= 0.3 is 0 Å². The average Bonchev–Trinajstić information content (AvgIpc) is 3.11. The summed E-state index contributed by atoms with van der Waals surface area (Å²) in [6, 6.07) is 13.6. The highest BCUT2D eigenvalue weighted by Gasteiger charge is 2.18. The average molecular weight is 365 g/mol. The second-order valence-corrected chi connectivity index (χ2v) is 5.97. The van der Waals surface area contributed by atoms with Gasteiger partial charge in [-0.05, 0) is 56.1 Å². The first kappa shape index (κ1) is 19.2. The van der Waals surface area contributed by atoms with Crippen LogP contribution in [0, 0.1) is 11.7 Å². The van der Waals surface area contributed by atoms with E-state index in [0.29, 0.717) is 23.8 Å². The highest BCUT2D eigenvalue weighted by atomic mass is 35.5. The summed E-state index contributed by atoms with van der Waals surface area (Å²) in [6.07, 6.45) is 2.28. The molecule has 0 radical (unpaired) electrons. The number of para-hydroxylation sites is 2. The van der Waals surface area contributed by atoms with Gasteiger partial charge in [0.15, 0.2) is 11.6 Å². The molecular weight excluding hydrogens is 343 g/mol. The van der Waals surface area contributed by atoms with Crippen molar-refractivity contribution in [2.24, 2.45) is 5.92 Å².